The fraction of sp³-hybridized carbons (Fsp3) is 0. The molecule has 10 aromatic carbocycles. The summed E-state index contributed by atoms with van der Waals surface area (Å²) in [5.41, 5.74) is -1.21. The first kappa shape index (κ1) is 19.3. The monoisotopic (exact) mass is 730 g/mol. The average Bonchev–Trinajstić information content (AvgIpc) is 3.79. The van der Waals surface area contributed by atoms with Crippen LogP contribution in [0.15, 0.2) is 216 Å². The van der Waals surface area contributed by atoms with Gasteiger partial charge in [0.1, 0.15) is 11.2 Å². The number of nitrogens with zero attached hydrogens (tertiary/aromatic N) is 1. The van der Waals surface area contributed by atoms with Gasteiger partial charge in [-0.1, -0.05) is 151 Å². The Morgan fingerprint density at radius 2 is 0.946 bits per heavy atom. The van der Waals surface area contributed by atoms with Crippen LogP contribution in [0.4, 0.5) is 17.1 Å². The Balaban J connectivity index is 1.25. The lowest BCUT2D eigenvalue weighted by Crippen LogP contribution is -2.10. The van der Waals surface area contributed by atoms with E-state index in [4.69, 9.17) is 14.0 Å². The average molecular weight is 731 g/mol. The van der Waals surface area contributed by atoms with Crippen molar-refractivity contribution in [3.8, 4) is 33.4 Å². The van der Waals surface area contributed by atoms with Gasteiger partial charge in [-0.25, -0.2) is 0 Å². The molecule has 1 heterocycles. The predicted molar refractivity (Wildman–Crippen MR) is 237 cm³/mol. The highest BCUT2D eigenvalue weighted by Gasteiger charge is 2.20. The molecular weight excluding hydrogens is 679 g/mol. The smallest absolute Gasteiger partial charge is 0.143 e. The van der Waals surface area contributed by atoms with Gasteiger partial charge in [0, 0.05) is 22.1 Å². The molecule has 0 aliphatic carbocycles. The van der Waals surface area contributed by atoms with Crippen LogP contribution in [0.1, 0.15) is 23.3 Å². The van der Waals surface area contributed by atoms with E-state index in [9.17, 15) is 13.7 Å². The Morgan fingerprint density at radius 1 is 0.375 bits per heavy atom. The molecule has 0 N–H and O–H groups in total. The Morgan fingerprint density at radius 3 is 1.61 bits per heavy atom. The molecule has 0 unspecified atom stereocenters. The predicted octanol–water partition coefficient (Wildman–Crippen LogP) is 15.5. The maximum atomic E-state index is 9.77. The summed E-state index contributed by atoms with van der Waals surface area (Å²) in [6, 6.07) is 20.8. The van der Waals surface area contributed by atoms with Crippen molar-refractivity contribution in [2.45, 2.75) is 0 Å². The Bertz CT molecular complexity index is 4210. The van der Waals surface area contributed by atoms with Crippen molar-refractivity contribution in [3.05, 3.63) is 212 Å². The number of anilines is 3. The standard InChI is InChI=1S/C54H35NO/c1-3-12-41-34-45(21-19-36(41)9-1)39-25-30-48(31-26-39)55(51-17-8-18-52-53(51)50-32-27-40-11-5-6-16-49(40)54(50)56-52)47-28-23-38(24-29-47)43-14-7-15-44(33-43)46-22-20-37-10-2-4-13-42(37)35-46/h1-35H/i5D,6D,8D,11D,16D,17D,18D,23D,24D,25D,26D,27D,28D,29D,30D,31D,32D. The van der Waals surface area contributed by atoms with Crippen LogP contribution in [0.3, 0.4) is 0 Å². The van der Waals surface area contributed by atoms with E-state index in [1.165, 1.54) is 0 Å². The Kier molecular flexibility index (Phi) is 4.52. The lowest BCUT2D eigenvalue weighted by Gasteiger charge is -2.26. The van der Waals surface area contributed by atoms with Crippen molar-refractivity contribution >= 4 is 71.3 Å². The normalized spacial score (nSPS) is 15.8. The highest BCUT2D eigenvalue weighted by atomic mass is 16.3. The van der Waals surface area contributed by atoms with Gasteiger partial charge in [0.05, 0.1) is 34.4 Å². The number of hydrogen-bond acceptors (Lipinski definition) is 2. The maximum absolute atomic E-state index is 9.77. The third-order valence-corrected chi connectivity index (χ3v) is 9.90. The molecule has 2 heteroatoms. The van der Waals surface area contributed by atoms with Crippen molar-refractivity contribution in [1.82, 2.24) is 0 Å². The van der Waals surface area contributed by atoms with Crippen LogP contribution in [-0.2, 0) is 0 Å². The van der Waals surface area contributed by atoms with Crippen LogP contribution in [0.25, 0.3) is 87.6 Å². The third-order valence-electron chi connectivity index (χ3n) is 9.90. The first-order valence-electron chi connectivity index (χ1n) is 26.3. The summed E-state index contributed by atoms with van der Waals surface area (Å²) < 4.78 is 164. The molecule has 1 aromatic heterocycles. The van der Waals surface area contributed by atoms with Crippen molar-refractivity contribution < 1.29 is 27.7 Å². The summed E-state index contributed by atoms with van der Waals surface area (Å²) in [5.74, 6) is 0. The van der Waals surface area contributed by atoms with Crippen molar-refractivity contribution in [2.75, 3.05) is 4.90 Å². The van der Waals surface area contributed by atoms with Crippen LogP contribution in [0, 0.1) is 0 Å². The molecular formula is C54H35NO. The Hall–Kier alpha value is -7.42. The number of rotatable bonds is 6. The summed E-state index contributed by atoms with van der Waals surface area (Å²) in [7, 11) is 0. The SMILES string of the molecule is [2H]c1c([2H])c(N(c2c([2H])c([2H])c(-c3ccc4ccccc4c3)c([2H])c2[2H])c2c([2H])c([2H])c([2H])c3oc4c5c([2H])c([2H])c([2H])c([2H])c5c([2H])c([2H])c4c23)c([2H])c([2H])c1-c1cccc(-c2ccc3ccccc3c2)c1. The fourth-order valence-corrected chi connectivity index (χ4v) is 7.15. The molecule has 2 nitrogen and oxygen atoms in total. The second-order valence-electron chi connectivity index (χ2n) is 13.2. The summed E-state index contributed by atoms with van der Waals surface area (Å²) in [6.07, 6.45) is 0. The molecule has 0 fully saturated rings. The topological polar surface area (TPSA) is 16.4 Å². The van der Waals surface area contributed by atoms with E-state index in [0.717, 1.165) is 32.0 Å². The van der Waals surface area contributed by atoms with Crippen LogP contribution in [0.2, 0.25) is 0 Å². The van der Waals surface area contributed by atoms with E-state index < -0.39 is 147 Å². The molecule has 11 rings (SSSR count). The van der Waals surface area contributed by atoms with Gasteiger partial charge in [0.2, 0.25) is 0 Å². The minimum atomic E-state index is -0.874. The van der Waals surface area contributed by atoms with Gasteiger partial charge in [-0.3, -0.25) is 0 Å². The van der Waals surface area contributed by atoms with Gasteiger partial charge >= 0.3 is 0 Å². The number of furan rings is 1. The van der Waals surface area contributed by atoms with Crippen LogP contribution in [-0.4, -0.2) is 0 Å². The number of benzene rings is 10. The van der Waals surface area contributed by atoms with Gasteiger partial charge in [-0.2, -0.15) is 0 Å². The zero-order valence-electron chi connectivity index (χ0n) is 46.2. The van der Waals surface area contributed by atoms with Gasteiger partial charge < -0.3 is 9.32 Å². The molecule has 0 aliphatic rings. The first-order chi connectivity index (χ1) is 34.8. The van der Waals surface area contributed by atoms with Crippen LogP contribution in [0.5, 0.6) is 0 Å². The number of fused-ring (bicyclic) bond motifs is 7. The minimum absolute atomic E-state index is 0.133. The molecule has 0 atom stereocenters. The highest BCUT2D eigenvalue weighted by molar-refractivity contribution is 6.19. The van der Waals surface area contributed by atoms with Gasteiger partial charge in [-0.15, -0.1) is 0 Å². The second kappa shape index (κ2) is 13.2. The molecule has 0 saturated heterocycles. The fourth-order valence-electron chi connectivity index (χ4n) is 7.15. The van der Waals surface area contributed by atoms with Crippen molar-refractivity contribution in [3.63, 3.8) is 0 Å². The van der Waals surface area contributed by atoms with E-state index in [1.54, 1.807) is 42.5 Å². The molecule has 0 radical (unpaired) electrons. The summed E-state index contributed by atoms with van der Waals surface area (Å²) in [6.45, 7) is 0. The summed E-state index contributed by atoms with van der Waals surface area (Å²) in [4.78, 5) is 0.797. The van der Waals surface area contributed by atoms with E-state index in [0.29, 0.717) is 16.7 Å². The molecule has 0 aliphatic heterocycles. The van der Waals surface area contributed by atoms with Crippen molar-refractivity contribution in [2.24, 2.45) is 0 Å². The lowest BCUT2D eigenvalue weighted by molar-refractivity contribution is 0.672. The molecule has 0 bridgehead atoms. The summed E-state index contributed by atoms with van der Waals surface area (Å²) in [5, 5.41) is 1.96. The van der Waals surface area contributed by atoms with Crippen LogP contribution < -0.4 is 4.90 Å². The quantitative estimate of drug-likeness (QED) is 0.169. The first-order valence-corrected chi connectivity index (χ1v) is 17.8. The van der Waals surface area contributed by atoms with Gasteiger partial charge in [0.25, 0.3) is 0 Å². The van der Waals surface area contributed by atoms with Crippen molar-refractivity contribution in [1.29, 1.82) is 0 Å². The second-order valence-corrected chi connectivity index (χ2v) is 13.2. The van der Waals surface area contributed by atoms with Crippen LogP contribution >= 0.6 is 0 Å². The van der Waals surface area contributed by atoms with E-state index in [1.807, 2.05) is 66.7 Å². The maximum Gasteiger partial charge on any atom is 0.143 e. The van der Waals surface area contributed by atoms with Gasteiger partial charge in [-0.05, 0) is 121 Å². The molecule has 262 valence electrons. The third kappa shape index (κ3) is 5.51. The molecule has 56 heavy (non-hydrogen) atoms. The molecule has 0 amide bonds. The number of hydrogen-bond donors (Lipinski definition) is 0. The largest absolute Gasteiger partial charge is 0.455 e. The summed E-state index contributed by atoms with van der Waals surface area (Å²) >= 11 is 0. The molecule has 11 aromatic rings. The lowest BCUT2D eigenvalue weighted by atomic mass is 9.97. The van der Waals surface area contributed by atoms with Gasteiger partial charge in [0.15, 0.2) is 0 Å². The Labute approximate surface area is 349 Å². The zero-order valence-corrected chi connectivity index (χ0v) is 29.2. The molecule has 0 spiro atoms. The zero-order chi connectivity index (χ0) is 51.8. The van der Waals surface area contributed by atoms with E-state index in [2.05, 4.69) is 0 Å². The molecule has 0 saturated carbocycles. The minimum Gasteiger partial charge on any atom is -0.455 e. The van der Waals surface area contributed by atoms with E-state index >= 15 is 0 Å². The van der Waals surface area contributed by atoms with E-state index in [-0.39, 0.29) is 16.5 Å². The highest BCUT2D eigenvalue weighted by Crippen LogP contribution is 2.45.